The van der Waals surface area contributed by atoms with Crippen LogP contribution in [0.15, 0.2) is 18.2 Å². The summed E-state index contributed by atoms with van der Waals surface area (Å²) in [5, 5.41) is 3.87. The van der Waals surface area contributed by atoms with Gasteiger partial charge in [0.25, 0.3) is 5.91 Å². The molecule has 1 N–H and O–H groups in total. The number of hydrogen-bond acceptors (Lipinski definition) is 3. The Morgan fingerprint density at radius 1 is 1.45 bits per heavy atom. The highest BCUT2D eigenvalue weighted by molar-refractivity contribution is 6.34. The second-order valence-electron chi connectivity index (χ2n) is 6.00. The third kappa shape index (κ3) is 4.28. The Bertz CT molecular complexity index is 542. The molecule has 0 aliphatic carbocycles. The maximum atomic E-state index is 12.5. The molecule has 6 heteroatoms. The predicted molar refractivity (Wildman–Crippen MR) is 87.7 cm³/mol. The van der Waals surface area contributed by atoms with Crippen LogP contribution in [0, 0.1) is 0 Å². The highest BCUT2D eigenvalue weighted by Crippen LogP contribution is 2.31. The first-order valence-corrected chi connectivity index (χ1v) is 8.12. The summed E-state index contributed by atoms with van der Waals surface area (Å²) in [5.74, 6) is 0.172. The van der Waals surface area contributed by atoms with Crippen molar-refractivity contribution in [3.05, 3.63) is 28.2 Å². The molecule has 1 fully saturated rings. The van der Waals surface area contributed by atoms with Crippen LogP contribution >= 0.6 is 23.2 Å². The first-order valence-electron chi connectivity index (χ1n) is 7.36. The van der Waals surface area contributed by atoms with Gasteiger partial charge in [-0.25, -0.2) is 0 Å². The summed E-state index contributed by atoms with van der Waals surface area (Å²) >= 11 is 12.0. The summed E-state index contributed by atoms with van der Waals surface area (Å²) in [6.45, 7) is 6.09. The molecule has 4 nitrogen and oxygen atoms in total. The molecule has 1 aliphatic rings. The first kappa shape index (κ1) is 17.4. The molecule has 0 radical (unpaired) electrons. The van der Waals surface area contributed by atoms with Gasteiger partial charge in [0.1, 0.15) is 5.75 Å². The number of hydrogen-bond donors (Lipinski definition) is 1. The van der Waals surface area contributed by atoms with Crippen LogP contribution in [0.3, 0.4) is 0 Å². The van der Waals surface area contributed by atoms with Crippen molar-refractivity contribution in [3.8, 4) is 5.75 Å². The van der Waals surface area contributed by atoms with E-state index in [0.717, 1.165) is 19.4 Å². The van der Waals surface area contributed by atoms with E-state index in [1.807, 2.05) is 6.92 Å². The lowest BCUT2D eigenvalue weighted by atomic mass is 10.1. The minimum absolute atomic E-state index is 0.0623. The average molecular weight is 346 g/mol. The van der Waals surface area contributed by atoms with Crippen LogP contribution < -0.4 is 10.1 Å². The van der Waals surface area contributed by atoms with E-state index in [2.05, 4.69) is 5.32 Å². The Kier molecular flexibility index (Phi) is 5.59. The number of benzene rings is 1. The number of nitrogens with one attached hydrogen (secondary N) is 1. The number of ether oxygens (including phenoxy) is 2. The molecule has 1 aliphatic heterocycles. The van der Waals surface area contributed by atoms with Gasteiger partial charge in [0, 0.05) is 17.7 Å². The van der Waals surface area contributed by atoms with Crippen LogP contribution in [0.5, 0.6) is 5.75 Å². The SMILES string of the molecule is C[C@H](NC(=O)C(C)(C)Oc1cc(Cl)ccc1Cl)[C@H]1CCCO1. The van der Waals surface area contributed by atoms with E-state index in [1.54, 1.807) is 32.0 Å². The minimum Gasteiger partial charge on any atom is -0.476 e. The van der Waals surface area contributed by atoms with Gasteiger partial charge in [0.2, 0.25) is 0 Å². The highest BCUT2D eigenvalue weighted by atomic mass is 35.5. The van der Waals surface area contributed by atoms with Crippen molar-refractivity contribution in [1.29, 1.82) is 0 Å². The summed E-state index contributed by atoms with van der Waals surface area (Å²) in [4.78, 5) is 12.5. The summed E-state index contributed by atoms with van der Waals surface area (Å²) in [5.41, 5.74) is -1.07. The number of rotatable bonds is 5. The van der Waals surface area contributed by atoms with Gasteiger partial charge in [-0.05, 0) is 45.7 Å². The molecule has 2 rings (SSSR count). The minimum atomic E-state index is -1.07. The van der Waals surface area contributed by atoms with E-state index in [9.17, 15) is 4.79 Å². The molecule has 2 atom stereocenters. The van der Waals surface area contributed by atoms with Crippen molar-refractivity contribution in [2.24, 2.45) is 0 Å². The van der Waals surface area contributed by atoms with Crippen molar-refractivity contribution in [2.75, 3.05) is 6.61 Å². The van der Waals surface area contributed by atoms with Gasteiger partial charge >= 0.3 is 0 Å². The Morgan fingerprint density at radius 2 is 2.18 bits per heavy atom. The molecule has 0 unspecified atom stereocenters. The Hall–Kier alpha value is -0.970. The van der Waals surface area contributed by atoms with E-state index in [-0.39, 0.29) is 18.1 Å². The Morgan fingerprint density at radius 3 is 2.82 bits per heavy atom. The van der Waals surface area contributed by atoms with E-state index >= 15 is 0 Å². The molecule has 0 bridgehead atoms. The number of amides is 1. The fraction of sp³-hybridized carbons (Fsp3) is 0.562. The smallest absolute Gasteiger partial charge is 0.263 e. The quantitative estimate of drug-likeness (QED) is 0.881. The lowest BCUT2D eigenvalue weighted by Crippen LogP contribution is -2.52. The Labute approximate surface area is 141 Å². The molecule has 1 aromatic carbocycles. The molecular formula is C16H21Cl2NO3. The van der Waals surface area contributed by atoms with Gasteiger partial charge in [-0.15, -0.1) is 0 Å². The number of carbonyl (C=O) groups excluding carboxylic acids is 1. The standard InChI is InChI=1S/C16H21Cl2NO3/c1-10(13-5-4-8-21-13)19-15(20)16(2,3)22-14-9-11(17)6-7-12(14)18/h6-7,9-10,13H,4-5,8H2,1-3H3,(H,19,20)/t10-,13+/m0/s1. The zero-order valence-corrected chi connectivity index (χ0v) is 14.5. The van der Waals surface area contributed by atoms with Gasteiger partial charge in [0.15, 0.2) is 5.60 Å². The summed E-state index contributed by atoms with van der Waals surface area (Å²) in [6, 6.07) is 4.85. The molecule has 0 spiro atoms. The molecule has 0 aromatic heterocycles. The van der Waals surface area contributed by atoms with E-state index < -0.39 is 5.60 Å². The highest BCUT2D eigenvalue weighted by Gasteiger charge is 2.33. The topological polar surface area (TPSA) is 47.6 Å². The van der Waals surface area contributed by atoms with E-state index in [0.29, 0.717) is 15.8 Å². The fourth-order valence-electron chi connectivity index (χ4n) is 2.35. The summed E-state index contributed by atoms with van der Waals surface area (Å²) in [6.07, 6.45) is 2.06. The van der Waals surface area contributed by atoms with Crippen molar-refractivity contribution in [2.45, 2.75) is 51.4 Å². The number of carbonyl (C=O) groups is 1. The Balaban J connectivity index is 2.02. The van der Waals surface area contributed by atoms with E-state index in [1.165, 1.54) is 0 Å². The van der Waals surface area contributed by atoms with Gasteiger partial charge in [-0.2, -0.15) is 0 Å². The van der Waals surface area contributed by atoms with Crippen LogP contribution in [0.1, 0.15) is 33.6 Å². The average Bonchev–Trinajstić information content (AvgIpc) is 2.96. The van der Waals surface area contributed by atoms with Gasteiger partial charge in [0.05, 0.1) is 17.2 Å². The van der Waals surface area contributed by atoms with Crippen LogP contribution in [0.2, 0.25) is 10.0 Å². The van der Waals surface area contributed by atoms with Crippen molar-refractivity contribution in [1.82, 2.24) is 5.32 Å². The zero-order chi connectivity index (χ0) is 16.3. The largest absolute Gasteiger partial charge is 0.476 e. The maximum absolute atomic E-state index is 12.5. The molecule has 22 heavy (non-hydrogen) atoms. The normalized spacial score (nSPS) is 19.8. The van der Waals surface area contributed by atoms with Gasteiger partial charge in [-0.1, -0.05) is 23.2 Å². The monoisotopic (exact) mass is 345 g/mol. The molecule has 1 heterocycles. The molecule has 1 saturated heterocycles. The van der Waals surface area contributed by atoms with Crippen molar-refractivity contribution < 1.29 is 14.3 Å². The van der Waals surface area contributed by atoms with Crippen LogP contribution in [0.25, 0.3) is 0 Å². The van der Waals surface area contributed by atoms with Crippen molar-refractivity contribution >= 4 is 29.1 Å². The lowest BCUT2D eigenvalue weighted by molar-refractivity contribution is -0.135. The lowest BCUT2D eigenvalue weighted by Gasteiger charge is -2.29. The second kappa shape index (κ2) is 7.07. The van der Waals surface area contributed by atoms with Crippen LogP contribution in [0.4, 0.5) is 0 Å². The predicted octanol–water partition coefficient (Wildman–Crippen LogP) is 3.83. The molecule has 0 saturated carbocycles. The summed E-state index contributed by atoms with van der Waals surface area (Å²) in [7, 11) is 0. The molecule has 1 aromatic rings. The number of halogens is 2. The first-order chi connectivity index (χ1) is 10.3. The molecule has 122 valence electrons. The molecular weight excluding hydrogens is 325 g/mol. The summed E-state index contributed by atoms with van der Waals surface area (Å²) < 4.78 is 11.4. The molecule has 1 amide bonds. The van der Waals surface area contributed by atoms with Crippen LogP contribution in [-0.4, -0.2) is 30.3 Å². The third-order valence-corrected chi connectivity index (χ3v) is 4.23. The zero-order valence-electron chi connectivity index (χ0n) is 13.0. The second-order valence-corrected chi connectivity index (χ2v) is 6.84. The van der Waals surface area contributed by atoms with Crippen molar-refractivity contribution in [3.63, 3.8) is 0 Å². The van der Waals surface area contributed by atoms with Gasteiger partial charge in [-0.3, -0.25) is 4.79 Å². The van der Waals surface area contributed by atoms with Gasteiger partial charge < -0.3 is 14.8 Å². The van der Waals surface area contributed by atoms with E-state index in [4.69, 9.17) is 32.7 Å². The third-order valence-electron chi connectivity index (χ3n) is 3.69. The maximum Gasteiger partial charge on any atom is 0.263 e. The fourth-order valence-corrected chi connectivity index (χ4v) is 2.67. The van der Waals surface area contributed by atoms with Crippen LogP contribution in [-0.2, 0) is 9.53 Å².